The quantitative estimate of drug-likeness (QED) is 0.416. The molecule has 1 aliphatic rings. The topological polar surface area (TPSA) is 20.2 Å². The van der Waals surface area contributed by atoms with E-state index in [1.54, 1.807) is 0 Å². The average Bonchev–Trinajstić information content (AvgIpc) is 2.85. The molecule has 0 saturated carbocycles. The van der Waals surface area contributed by atoms with Crippen LogP contribution in [0.5, 0.6) is 0 Å². The summed E-state index contributed by atoms with van der Waals surface area (Å²) in [5.74, 6) is 13.1. The van der Waals surface area contributed by atoms with Crippen LogP contribution in [0.25, 0.3) is 0 Å². The van der Waals surface area contributed by atoms with Gasteiger partial charge in [-0.1, -0.05) is 82.9 Å². The standard InChI is InChI=1S/C25H22O.3C2H6/c1-18-4-6-20(3)23(16-18)13-11-21-7-9-22(10-8-21)12-14-24-17-19(2)5-15-25(24)26;3*1-2/h4,6-10,16-17,26H,5,15H2,1-3H3;3*1-2H3. The smallest absolute Gasteiger partial charge is 0.108 e. The number of hydrogen-bond donors (Lipinski definition) is 1. The van der Waals surface area contributed by atoms with Crippen LogP contribution in [0.4, 0.5) is 0 Å². The Morgan fingerprint density at radius 1 is 0.656 bits per heavy atom. The highest BCUT2D eigenvalue weighted by Gasteiger charge is 2.07. The van der Waals surface area contributed by atoms with Gasteiger partial charge in [0.05, 0.1) is 5.57 Å². The summed E-state index contributed by atoms with van der Waals surface area (Å²) in [6.45, 7) is 18.2. The molecule has 3 rings (SSSR count). The van der Waals surface area contributed by atoms with Crippen molar-refractivity contribution in [3.63, 3.8) is 0 Å². The molecule has 0 heterocycles. The monoisotopic (exact) mass is 428 g/mol. The van der Waals surface area contributed by atoms with Crippen LogP contribution >= 0.6 is 0 Å². The Morgan fingerprint density at radius 3 is 1.75 bits per heavy atom. The molecule has 2 aromatic rings. The molecule has 0 radical (unpaired) electrons. The average molecular weight is 429 g/mol. The molecule has 1 N–H and O–H groups in total. The van der Waals surface area contributed by atoms with E-state index in [9.17, 15) is 5.11 Å². The summed E-state index contributed by atoms with van der Waals surface area (Å²) >= 11 is 0. The van der Waals surface area contributed by atoms with E-state index < -0.39 is 0 Å². The fourth-order valence-corrected chi connectivity index (χ4v) is 2.75. The molecule has 0 unspecified atom stereocenters. The highest BCUT2D eigenvalue weighted by atomic mass is 16.3. The van der Waals surface area contributed by atoms with Gasteiger partial charge in [0.2, 0.25) is 0 Å². The number of rotatable bonds is 0. The van der Waals surface area contributed by atoms with Crippen molar-refractivity contribution in [1.29, 1.82) is 0 Å². The zero-order valence-electron chi connectivity index (χ0n) is 21.5. The van der Waals surface area contributed by atoms with Crippen molar-refractivity contribution >= 4 is 0 Å². The van der Waals surface area contributed by atoms with Crippen LogP contribution in [-0.2, 0) is 0 Å². The van der Waals surface area contributed by atoms with Crippen molar-refractivity contribution in [2.75, 3.05) is 0 Å². The van der Waals surface area contributed by atoms with Gasteiger partial charge in [-0.2, -0.15) is 0 Å². The third-order valence-corrected chi connectivity index (χ3v) is 4.42. The lowest BCUT2D eigenvalue weighted by atomic mass is 9.99. The first-order valence-electron chi connectivity index (χ1n) is 11.8. The van der Waals surface area contributed by atoms with Crippen molar-refractivity contribution in [3.05, 3.63) is 93.3 Å². The van der Waals surface area contributed by atoms with Crippen molar-refractivity contribution in [1.82, 2.24) is 0 Å². The van der Waals surface area contributed by atoms with Crippen LogP contribution in [0.2, 0.25) is 0 Å². The predicted molar refractivity (Wildman–Crippen MR) is 142 cm³/mol. The molecule has 2 aromatic carbocycles. The first-order chi connectivity index (χ1) is 15.5. The fourth-order valence-electron chi connectivity index (χ4n) is 2.75. The van der Waals surface area contributed by atoms with Crippen LogP contribution in [0.15, 0.2) is 65.4 Å². The number of aryl methyl sites for hydroxylation is 2. The molecule has 0 bridgehead atoms. The van der Waals surface area contributed by atoms with E-state index in [4.69, 9.17) is 0 Å². The van der Waals surface area contributed by atoms with E-state index in [0.29, 0.717) is 12.2 Å². The van der Waals surface area contributed by atoms with Crippen LogP contribution in [0.3, 0.4) is 0 Å². The molecule has 0 spiro atoms. The maximum atomic E-state index is 9.94. The molecule has 0 aromatic heterocycles. The van der Waals surface area contributed by atoms with Gasteiger partial charge in [-0.15, -0.1) is 0 Å². The Kier molecular flexibility index (Phi) is 14.9. The molecular weight excluding hydrogens is 388 g/mol. The van der Waals surface area contributed by atoms with Crippen LogP contribution < -0.4 is 0 Å². The SMILES string of the molecule is CC.CC.CC.CC1=CC(C#Cc2ccc(C#Cc3cc(C)ccc3C)cc2)=C(O)CC1. The molecule has 0 saturated heterocycles. The van der Waals surface area contributed by atoms with Gasteiger partial charge in [-0.25, -0.2) is 0 Å². The molecule has 1 heteroatoms. The van der Waals surface area contributed by atoms with E-state index in [2.05, 4.69) is 62.7 Å². The van der Waals surface area contributed by atoms with Gasteiger partial charge in [0, 0.05) is 23.1 Å². The van der Waals surface area contributed by atoms with E-state index in [0.717, 1.165) is 28.7 Å². The zero-order chi connectivity index (χ0) is 24.5. The number of aliphatic hydroxyl groups excluding tert-OH is 1. The van der Waals surface area contributed by atoms with Gasteiger partial charge in [-0.3, -0.25) is 0 Å². The summed E-state index contributed by atoms with van der Waals surface area (Å²) in [6.07, 6.45) is 3.56. The molecular formula is C31H40O. The maximum Gasteiger partial charge on any atom is 0.108 e. The van der Waals surface area contributed by atoms with Crippen LogP contribution in [0, 0.1) is 37.5 Å². The minimum absolute atomic E-state index is 0.388. The molecule has 0 fully saturated rings. The second-order valence-electron chi connectivity index (χ2n) is 6.75. The molecule has 0 atom stereocenters. The number of benzene rings is 2. The first kappa shape index (κ1) is 28.8. The summed E-state index contributed by atoms with van der Waals surface area (Å²) in [7, 11) is 0. The number of hydrogen-bond acceptors (Lipinski definition) is 1. The maximum absolute atomic E-state index is 9.94. The highest BCUT2D eigenvalue weighted by Crippen LogP contribution is 2.21. The van der Waals surface area contributed by atoms with Crippen molar-refractivity contribution < 1.29 is 5.11 Å². The zero-order valence-corrected chi connectivity index (χ0v) is 21.5. The Bertz CT molecular complexity index is 1010. The minimum atomic E-state index is 0.388. The lowest BCUT2D eigenvalue weighted by molar-refractivity contribution is 0.382. The molecule has 1 nitrogen and oxygen atoms in total. The highest BCUT2D eigenvalue weighted by molar-refractivity contribution is 5.51. The normalized spacial score (nSPS) is 11.3. The Labute approximate surface area is 197 Å². The van der Waals surface area contributed by atoms with E-state index >= 15 is 0 Å². The summed E-state index contributed by atoms with van der Waals surface area (Å²) in [4.78, 5) is 0. The summed E-state index contributed by atoms with van der Waals surface area (Å²) < 4.78 is 0. The Morgan fingerprint density at radius 2 is 1.19 bits per heavy atom. The largest absolute Gasteiger partial charge is 0.511 e. The van der Waals surface area contributed by atoms with E-state index in [1.807, 2.05) is 71.9 Å². The molecule has 32 heavy (non-hydrogen) atoms. The Hall–Kier alpha value is -3.16. The van der Waals surface area contributed by atoms with Crippen LogP contribution in [0.1, 0.15) is 89.1 Å². The van der Waals surface area contributed by atoms with Crippen molar-refractivity contribution in [2.24, 2.45) is 0 Å². The Balaban J connectivity index is 0.00000148. The summed E-state index contributed by atoms with van der Waals surface area (Å²) in [5, 5.41) is 9.94. The van der Waals surface area contributed by atoms with Gasteiger partial charge >= 0.3 is 0 Å². The first-order valence-corrected chi connectivity index (χ1v) is 11.8. The van der Waals surface area contributed by atoms with E-state index in [1.165, 1.54) is 16.7 Å². The third kappa shape index (κ3) is 9.76. The van der Waals surface area contributed by atoms with Gasteiger partial charge in [0.1, 0.15) is 5.76 Å². The van der Waals surface area contributed by atoms with Gasteiger partial charge < -0.3 is 5.11 Å². The van der Waals surface area contributed by atoms with Crippen molar-refractivity contribution in [3.8, 4) is 23.7 Å². The molecule has 170 valence electrons. The van der Waals surface area contributed by atoms with Crippen molar-refractivity contribution in [2.45, 2.75) is 75.2 Å². The number of allylic oxidation sites excluding steroid dienone is 4. The predicted octanol–water partition coefficient (Wildman–Crippen LogP) is 8.69. The fraction of sp³-hybridized carbons (Fsp3) is 0.355. The molecule has 0 amide bonds. The minimum Gasteiger partial charge on any atom is -0.511 e. The van der Waals surface area contributed by atoms with E-state index in [-0.39, 0.29) is 0 Å². The second kappa shape index (κ2) is 16.5. The third-order valence-electron chi connectivity index (χ3n) is 4.42. The second-order valence-corrected chi connectivity index (χ2v) is 6.75. The van der Waals surface area contributed by atoms with Gasteiger partial charge in [0.15, 0.2) is 0 Å². The lowest BCUT2D eigenvalue weighted by Gasteiger charge is -2.09. The summed E-state index contributed by atoms with van der Waals surface area (Å²) in [6, 6.07) is 14.2. The summed E-state index contributed by atoms with van der Waals surface area (Å²) in [5.41, 5.74) is 7.34. The lowest BCUT2D eigenvalue weighted by Crippen LogP contribution is -1.95. The van der Waals surface area contributed by atoms with Gasteiger partial charge in [-0.05, 0) is 74.7 Å². The molecule has 1 aliphatic carbocycles. The van der Waals surface area contributed by atoms with Crippen LogP contribution in [-0.4, -0.2) is 5.11 Å². The number of aliphatic hydroxyl groups is 1. The van der Waals surface area contributed by atoms with Gasteiger partial charge in [0.25, 0.3) is 0 Å². The molecule has 0 aliphatic heterocycles.